The summed E-state index contributed by atoms with van der Waals surface area (Å²) in [5, 5.41) is 0. The van der Waals surface area contributed by atoms with Crippen molar-refractivity contribution in [2.45, 2.75) is 6.42 Å². The highest BCUT2D eigenvalue weighted by Gasteiger charge is 2.16. The molecule has 0 atom stereocenters. The van der Waals surface area contributed by atoms with Gasteiger partial charge in [-0.15, -0.1) is 0 Å². The Kier molecular flexibility index (Phi) is 1.40. The van der Waals surface area contributed by atoms with Crippen LogP contribution in [0.25, 0.3) is 0 Å². The predicted molar refractivity (Wildman–Crippen MR) is 34.9 cm³/mol. The fourth-order valence-electron chi connectivity index (χ4n) is 0.636. The van der Waals surface area contributed by atoms with Gasteiger partial charge in [0.15, 0.2) is 12.4 Å². The van der Waals surface area contributed by atoms with Crippen LogP contribution in [0.15, 0.2) is 12.3 Å². The Hall–Kier alpha value is -0.640. The summed E-state index contributed by atoms with van der Waals surface area (Å²) in [5.74, 6) is 0. The van der Waals surface area contributed by atoms with Crippen molar-refractivity contribution in [3.05, 3.63) is 12.3 Å². The van der Waals surface area contributed by atoms with E-state index in [2.05, 4.69) is 0 Å². The van der Waals surface area contributed by atoms with Crippen LogP contribution in [-0.2, 0) is 10.0 Å². The first kappa shape index (κ1) is 6.48. The zero-order valence-corrected chi connectivity index (χ0v) is 5.93. The molecule has 3 nitrogen and oxygen atoms in total. The summed E-state index contributed by atoms with van der Waals surface area (Å²) in [6.07, 6.45) is 6.86. The maximum atomic E-state index is 10.7. The SMILES string of the molecule is CS(=O)(=O)[N+]1=CCC=C1. The smallest absolute Gasteiger partial charge is 0.163 e. The summed E-state index contributed by atoms with van der Waals surface area (Å²) < 4.78 is 22.6. The zero-order valence-electron chi connectivity index (χ0n) is 5.11. The lowest BCUT2D eigenvalue weighted by atomic mass is 10.5. The zero-order chi connectivity index (χ0) is 6.91. The number of rotatable bonds is 1. The normalized spacial score (nSPS) is 18.1. The van der Waals surface area contributed by atoms with Gasteiger partial charge in [0.2, 0.25) is 0 Å². The van der Waals surface area contributed by atoms with Gasteiger partial charge in [-0.25, -0.2) is 0 Å². The summed E-state index contributed by atoms with van der Waals surface area (Å²) >= 11 is 0. The van der Waals surface area contributed by atoms with Crippen molar-refractivity contribution < 1.29 is 12.4 Å². The highest BCUT2D eigenvalue weighted by atomic mass is 32.2. The third kappa shape index (κ3) is 1.38. The van der Waals surface area contributed by atoms with E-state index < -0.39 is 10.0 Å². The fraction of sp³-hybridized carbons (Fsp3) is 0.400. The van der Waals surface area contributed by atoms with Gasteiger partial charge in [-0.05, 0) is 6.08 Å². The van der Waals surface area contributed by atoms with Gasteiger partial charge in [-0.1, -0.05) is 3.98 Å². The first-order valence-corrected chi connectivity index (χ1v) is 4.44. The number of nitrogens with zero attached hydrogens (tertiary/aromatic N) is 1. The molecule has 0 spiro atoms. The molecule has 50 valence electrons. The Morgan fingerprint density at radius 1 is 1.56 bits per heavy atom. The summed E-state index contributed by atoms with van der Waals surface area (Å²) in [6, 6.07) is 0. The second-order valence-corrected chi connectivity index (χ2v) is 3.78. The van der Waals surface area contributed by atoms with Crippen LogP contribution >= 0.6 is 0 Å². The minimum absolute atomic E-state index is 0.715. The molecule has 0 saturated carbocycles. The summed E-state index contributed by atoms with van der Waals surface area (Å²) in [5.41, 5.74) is 0. The van der Waals surface area contributed by atoms with E-state index in [0.29, 0.717) is 6.42 Å². The number of hydrogen-bond donors (Lipinski definition) is 0. The molecule has 0 saturated heterocycles. The van der Waals surface area contributed by atoms with Gasteiger partial charge in [0.25, 0.3) is 0 Å². The maximum Gasteiger partial charge on any atom is 0.366 e. The van der Waals surface area contributed by atoms with Gasteiger partial charge in [0.05, 0.1) is 12.7 Å². The maximum absolute atomic E-state index is 10.7. The van der Waals surface area contributed by atoms with Gasteiger partial charge in [0.1, 0.15) is 0 Å². The van der Waals surface area contributed by atoms with Crippen LogP contribution in [0.2, 0.25) is 0 Å². The van der Waals surface area contributed by atoms with Gasteiger partial charge in [-0.2, -0.15) is 8.42 Å². The van der Waals surface area contributed by atoms with E-state index >= 15 is 0 Å². The molecule has 0 N–H and O–H groups in total. The highest BCUT2D eigenvalue weighted by Crippen LogP contribution is 1.96. The Labute approximate surface area is 54.4 Å². The van der Waals surface area contributed by atoms with Crippen LogP contribution in [0.1, 0.15) is 6.42 Å². The van der Waals surface area contributed by atoms with E-state index in [0.717, 1.165) is 0 Å². The Balaban J connectivity index is 3.01. The molecule has 1 rings (SSSR count). The molecule has 4 heteroatoms. The van der Waals surface area contributed by atoms with E-state index in [1.54, 1.807) is 18.5 Å². The second-order valence-electron chi connectivity index (χ2n) is 1.90. The molecule has 0 aromatic rings. The molecule has 0 aliphatic carbocycles. The molecule has 1 aliphatic heterocycles. The topological polar surface area (TPSA) is 37.1 Å². The van der Waals surface area contributed by atoms with E-state index in [9.17, 15) is 8.42 Å². The quantitative estimate of drug-likeness (QED) is 0.486. The van der Waals surface area contributed by atoms with Gasteiger partial charge in [-0.3, -0.25) is 0 Å². The van der Waals surface area contributed by atoms with E-state index in [1.807, 2.05) is 0 Å². The summed E-state index contributed by atoms with van der Waals surface area (Å²) in [6.45, 7) is 0. The highest BCUT2D eigenvalue weighted by molar-refractivity contribution is 7.84. The third-order valence-electron chi connectivity index (χ3n) is 1.06. The molecule has 0 radical (unpaired) electrons. The molecule has 0 bridgehead atoms. The predicted octanol–water partition coefficient (Wildman–Crippen LogP) is -0.0533. The summed E-state index contributed by atoms with van der Waals surface area (Å²) in [4.78, 5) is 0. The Bertz CT molecular complexity index is 261. The lowest BCUT2D eigenvalue weighted by molar-refractivity contribution is -0.268. The van der Waals surface area contributed by atoms with Crippen LogP contribution in [0.4, 0.5) is 0 Å². The fourth-order valence-corrected chi connectivity index (χ4v) is 1.30. The molecule has 1 aliphatic rings. The minimum Gasteiger partial charge on any atom is -0.163 e. The third-order valence-corrected chi connectivity index (χ3v) is 2.09. The lowest BCUT2D eigenvalue weighted by Crippen LogP contribution is -2.11. The molecule has 1 heterocycles. The molecule has 0 amide bonds. The average molecular weight is 146 g/mol. The molecule has 0 fully saturated rings. The number of sulfonamides is 1. The van der Waals surface area contributed by atoms with Crippen molar-refractivity contribution in [3.8, 4) is 0 Å². The van der Waals surface area contributed by atoms with Crippen molar-refractivity contribution in [2.75, 3.05) is 6.26 Å². The van der Waals surface area contributed by atoms with Crippen molar-refractivity contribution in [1.82, 2.24) is 0 Å². The summed E-state index contributed by atoms with van der Waals surface area (Å²) in [7, 11) is -3.01. The van der Waals surface area contributed by atoms with Crippen molar-refractivity contribution in [3.63, 3.8) is 0 Å². The van der Waals surface area contributed by atoms with E-state index in [4.69, 9.17) is 0 Å². The number of allylic oxidation sites excluding steroid dienone is 1. The first-order valence-electron chi connectivity index (χ1n) is 2.59. The van der Waals surface area contributed by atoms with Crippen LogP contribution in [0, 0.1) is 0 Å². The molecule has 0 aromatic heterocycles. The van der Waals surface area contributed by atoms with E-state index in [1.165, 1.54) is 10.2 Å². The first-order chi connectivity index (χ1) is 4.11. The Morgan fingerprint density at radius 2 is 2.22 bits per heavy atom. The van der Waals surface area contributed by atoms with Gasteiger partial charge in [0, 0.05) is 0 Å². The van der Waals surface area contributed by atoms with Gasteiger partial charge >= 0.3 is 10.0 Å². The van der Waals surface area contributed by atoms with Crippen LogP contribution < -0.4 is 0 Å². The van der Waals surface area contributed by atoms with Crippen molar-refractivity contribution in [2.24, 2.45) is 0 Å². The average Bonchev–Trinajstić information content (AvgIpc) is 2.08. The molecular formula is C5H8NO2S+. The minimum atomic E-state index is -3.01. The van der Waals surface area contributed by atoms with Crippen LogP contribution in [0.3, 0.4) is 0 Å². The Morgan fingerprint density at radius 3 is 2.44 bits per heavy atom. The van der Waals surface area contributed by atoms with Crippen molar-refractivity contribution in [1.29, 1.82) is 0 Å². The molecular weight excluding hydrogens is 138 g/mol. The monoisotopic (exact) mass is 146 g/mol. The van der Waals surface area contributed by atoms with Crippen LogP contribution in [-0.4, -0.2) is 24.9 Å². The second kappa shape index (κ2) is 1.95. The van der Waals surface area contributed by atoms with Crippen molar-refractivity contribution >= 4 is 16.2 Å². The van der Waals surface area contributed by atoms with Crippen LogP contribution in [0.5, 0.6) is 0 Å². The molecule has 0 aromatic carbocycles. The number of hydrogen-bond acceptors (Lipinski definition) is 2. The standard InChI is InChI=1S/C5H8NO2S/c1-9(7,8)6-4-2-3-5-6/h2,4-5H,3H2,1H3/q+1. The molecule has 9 heavy (non-hydrogen) atoms. The largest absolute Gasteiger partial charge is 0.366 e. The lowest BCUT2D eigenvalue weighted by Gasteiger charge is -1.84. The van der Waals surface area contributed by atoms with E-state index in [-0.39, 0.29) is 0 Å². The van der Waals surface area contributed by atoms with Gasteiger partial charge < -0.3 is 0 Å². The molecule has 0 unspecified atom stereocenters.